The van der Waals surface area contributed by atoms with Crippen molar-refractivity contribution in [1.29, 1.82) is 0 Å². The summed E-state index contributed by atoms with van der Waals surface area (Å²) in [5.74, 6) is -1.43. The third kappa shape index (κ3) is 6.08. The quantitative estimate of drug-likeness (QED) is 0.249. The summed E-state index contributed by atoms with van der Waals surface area (Å²) in [5.41, 5.74) is 9.59. The van der Waals surface area contributed by atoms with Crippen molar-refractivity contribution in [2.45, 2.75) is 39.8 Å². The molecule has 0 atom stereocenters. The maximum atomic E-state index is 13.3. The van der Waals surface area contributed by atoms with E-state index in [1.165, 1.54) is 0 Å². The molecule has 6 rings (SSSR count). The number of aromatic nitrogens is 2. The van der Waals surface area contributed by atoms with Gasteiger partial charge in [-0.15, -0.1) is 0 Å². The molecule has 0 fully saturated rings. The van der Waals surface area contributed by atoms with Crippen LogP contribution in [0.2, 0.25) is 0 Å². The first-order valence-electron chi connectivity index (χ1n) is 14.7. The molecular formula is C34H34N6O4. The van der Waals surface area contributed by atoms with Gasteiger partial charge in [0.15, 0.2) is 0 Å². The molecule has 0 spiro atoms. The number of hydrogen-bond acceptors (Lipinski definition) is 7. The summed E-state index contributed by atoms with van der Waals surface area (Å²) in [6, 6.07) is 18.8. The number of nitrogens with zero attached hydrogens (tertiary/aromatic N) is 3. The van der Waals surface area contributed by atoms with Crippen LogP contribution in [0.3, 0.4) is 0 Å². The summed E-state index contributed by atoms with van der Waals surface area (Å²) < 4.78 is 0. The van der Waals surface area contributed by atoms with Crippen LogP contribution in [0.5, 0.6) is 0 Å². The number of aliphatic carboxylic acids is 1. The molecule has 4 aromatic rings. The van der Waals surface area contributed by atoms with Gasteiger partial charge in [-0.3, -0.25) is 19.3 Å². The van der Waals surface area contributed by atoms with Crippen molar-refractivity contribution in [3.63, 3.8) is 0 Å². The molecule has 2 amide bonds. The van der Waals surface area contributed by atoms with Crippen molar-refractivity contribution < 1.29 is 19.5 Å². The molecule has 2 aliphatic heterocycles. The van der Waals surface area contributed by atoms with Gasteiger partial charge in [-0.25, -0.2) is 9.97 Å². The van der Waals surface area contributed by atoms with E-state index in [4.69, 9.17) is 5.11 Å². The Hall–Kier alpha value is -4.93. The smallest absolute Gasteiger partial charge is 0.317 e. The van der Waals surface area contributed by atoms with E-state index in [2.05, 4.69) is 25.9 Å². The number of fused-ring (bicyclic) bond motifs is 2. The summed E-state index contributed by atoms with van der Waals surface area (Å²) in [6.07, 6.45) is 1.39. The van der Waals surface area contributed by atoms with Crippen molar-refractivity contribution in [3.05, 3.63) is 106 Å². The summed E-state index contributed by atoms with van der Waals surface area (Å²) in [4.78, 5) is 48.6. The number of rotatable bonds is 7. The van der Waals surface area contributed by atoms with Gasteiger partial charge in [0.2, 0.25) is 0 Å². The molecule has 2 aliphatic rings. The van der Waals surface area contributed by atoms with Crippen LogP contribution in [0.25, 0.3) is 11.1 Å². The predicted octanol–water partition coefficient (Wildman–Crippen LogP) is 4.35. The summed E-state index contributed by atoms with van der Waals surface area (Å²) >= 11 is 0. The first-order valence-corrected chi connectivity index (χ1v) is 14.7. The van der Waals surface area contributed by atoms with Crippen molar-refractivity contribution in [1.82, 2.24) is 20.2 Å². The molecule has 44 heavy (non-hydrogen) atoms. The van der Waals surface area contributed by atoms with Crippen molar-refractivity contribution in [3.8, 4) is 11.1 Å². The zero-order valence-corrected chi connectivity index (χ0v) is 24.7. The van der Waals surface area contributed by atoms with Crippen LogP contribution in [0.4, 0.5) is 11.4 Å². The van der Waals surface area contributed by atoms with Gasteiger partial charge in [-0.1, -0.05) is 36.4 Å². The lowest BCUT2D eigenvalue weighted by Crippen LogP contribution is -2.35. The second-order valence-corrected chi connectivity index (χ2v) is 11.3. The Bertz CT molecular complexity index is 1790. The number of benzene rings is 2. The Morgan fingerprint density at radius 1 is 0.795 bits per heavy atom. The highest BCUT2D eigenvalue weighted by molar-refractivity contribution is 6.05. The highest BCUT2D eigenvalue weighted by Gasteiger charge is 2.22. The van der Waals surface area contributed by atoms with Gasteiger partial charge < -0.3 is 21.1 Å². The molecular weight excluding hydrogens is 556 g/mol. The Balaban J connectivity index is 1.19. The van der Waals surface area contributed by atoms with E-state index in [0.717, 1.165) is 64.3 Å². The normalized spacial score (nSPS) is 14.3. The highest BCUT2D eigenvalue weighted by atomic mass is 16.4. The van der Waals surface area contributed by atoms with Crippen LogP contribution >= 0.6 is 0 Å². The fourth-order valence-corrected chi connectivity index (χ4v) is 5.89. The van der Waals surface area contributed by atoms with Gasteiger partial charge >= 0.3 is 5.97 Å². The minimum Gasteiger partial charge on any atom is -0.480 e. The Kier molecular flexibility index (Phi) is 8.19. The van der Waals surface area contributed by atoms with Gasteiger partial charge in [0.05, 0.1) is 6.54 Å². The number of pyridine rings is 2. The van der Waals surface area contributed by atoms with E-state index in [1.807, 2.05) is 67.3 Å². The number of amides is 2. The van der Waals surface area contributed by atoms with E-state index in [1.54, 1.807) is 12.1 Å². The predicted molar refractivity (Wildman–Crippen MR) is 168 cm³/mol. The molecule has 10 heteroatoms. The third-order valence-electron chi connectivity index (χ3n) is 8.33. The van der Waals surface area contributed by atoms with Gasteiger partial charge in [-0.05, 0) is 71.5 Å². The van der Waals surface area contributed by atoms with Crippen molar-refractivity contribution >= 4 is 29.2 Å². The van der Waals surface area contributed by atoms with E-state index in [9.17, 15) is 14.4 Å². The lowest BCUT2D eigenvalue weighted by atomic mass is 9.94. The number of carbonyl (C=O) groups excluding carboxylic acids is 2. The molecule has 0 saturated carbocycles. The van der Waals surface area contributed by atoms with Crippen LogP contribution in [0, 0.1) is 13.8 Å². The van der Waals surface area contributed by atoms with Gasteiger partial charge in [0, 0.05) is 61.8 Å². The van der Waals surface area contributed by atoms with Crippen molar-refractivity contribution in [2.75, 3.05) is 30.3 Å². The number of carboxylic acids is 1. The lowest BCUT2D eigenvalue weighted by molar-refractivity contribution is -0.138. The van der Waals surface area contributed by atoms with Gasteiger partial charge in [-0.2, -0.15) is 0 Å². The zero-order valence-electron chi connectivity index (χ0n) is 24.7. The highest BCUT2D eigenvalue weighted by Crippen LogP contribution is 2.34. The van der Waals surface area contributed by atoms with Crippen LogP contribution in [-0.4, -0.2) is 57.4 Å². The maximum Gasteiger partial charge on any atom is 0.317 e. The standard InChI is InChI=1S/C34H34N6O4/c1-20-24(5-3-7-26(20)38-33(43)30-11-9-22-17-35-15-13-28(22)36-30)25-6-4-8-27(21(25)2)39-34(44)31-12-10-23-18-40(19-32(41)42)16-14-29(23)37-31/h3-12,35H,13-19H2,1-2H3,(H,38,43)(H,39,44)(H,41,42). The van der Waals surface area contributed by atoms with Crippen LogP contribution in [0.1, 0.15) is 54.6 Å². The molecule has 4 heterocycles. The second-order valence-electron chi connectivity index (χ2n) is 11.3. The monoisotopic (exact) mass is 590 g/mol. The molecule has 0 aliphatic carbocycles. The Labute approximate surface area is 255 Å². The molecule has 2 aromatic heterocycles. The van der Waals surface area contributed by atoms with Crippen LogP contribution < -0.4 is 16.0 Å². The van der Waals surface area contributed by atoms with Gasteiger partial charge in [0.25, 0.3) is 11.8 Å². The van der Waals surface area contributed by atoms with Gasteiger partial charge in [0.1, 0.15) is 11.4 Å². The molecule has 2 aromatic carbocycles. The van der Waals surface area contributed by atoms with E-state index in [0.29, 0.717) is 42.3 Å². The second kappa shape index (κ2) is 12.4. The van der Waals surface area contributed by atoms with E-state index < -0.39 is 5.97 Å². The lowest BCUT2D eigenvalue weighted by Gasteiger charge is -2.26. The SMILES string of the molecule is Cc1c(NC(=O)c2ccc3c(n2)CCNC3)cccc1-c1cccc(NC(=O)c2ccc3c(n2)CCN(CC(=O)O)C3)c1C. The first-order chi connectivity index (χ1) is 21.3. The Morgan fingerprint density at radius 2 is 1.36 bits per heavy atom. The topological polar surface area (TPSA) is 137 Å². The number of anilines is 2. The maximum absolute atomic E-state index is 13.3. The third-order valence-corrected chi connectivity index (χ3v) is 8.33. The molecule has 4 N–H and O–H groups in total. The number of nitrogens with one attached hydrogen (secondary N) is 3. The van der Waals surface area contributed by atoms with Crippen LogP contribution in [0.15, 0.2) is 60.7 Å². The Morgan fingerprint density at radius 3 is 1.95 bits per heavy atom. The summed E-state index contributed by atoms with van der Waals surface area (Å²) in [6.45, 7) is 6.61. The largest absolute Gasteiger partial charge is 0.480 e. The average molecular weight is 591 g/mol. The molecule has 0 saturated heterocycles. The zero-order chi connectivity index (χ0) is 30.8. The molecule has 10 nitrogen and oxygen atoms in total. The number of carbonyl (C=O) groups is 3. The van der Waals surface area contributed by atoms with E-state index >= 15 is 0 Å². The minimum absolute atomic E-state index is 0.0179. The summed E-state index contributed by atoms with van der Waals surface area (Å²) in [7, 11) is 0. The first kappa shape index (κ1) is 29.2. The average Bonchev–Trinajstić information content (AvgIpc) is 3.02. The van der Waals surface area contributed by atoms with E-state index in [-0.39, 0.29) is 18.4 Å². The fourth-order valence-electron chi connectivity index (χ4n) is 5.89. The number of carboxylic acid groups (broad SMARTS) is 1. The molecule has 224 valence electrons. The summed E-state index contributed by atoms with van der Waals surface area (Å²) in [5, 5.41) is 18.5. The molecule has 0 radical (unpaired) electrons. The fraction of sp³-hybridized carbons (Fsp3) is 0.265. The minimum atomic E-state index is -0.859. The number of hydrogen-bond donors (Lipinski definition) is 4. The van der Waals surface area contributed by atoms with Crippen molar-refractivity contribution in [2.24, 2.45) is 0 Å². The molecule has 0 bridgehead atoms. The van der Waals surface area contributed by atoms with Crippen LogP contribution in [-0.2, 0) is 30.7 Å². The molecule has 0 unspecified atom stereocenters.